The smallest absolute Gasteiger partial charge is 0.270 e. The molecule has 2 amide bonds. The molecule has 9 heteroatoms. The summed E-state index contributed by atoms with van der Waals surface area (Å²) in [5.41, 5.74) is 7.27. The lowest BCUT2D eigenvalue weighted by atomic mass is 10.1. The number of nitrogens with zero attached hydrogens (tertiary/aromatic N) is 2. The van der Waals surface area contributed by atoms with Crippen molar-refractivity contribution in [2.45, 2.75) is 25.7 Å². The highest BCUT2D eigenvalue weighted by Crippen LogP contribution is 2.37. The number of amides is 2. The molecule has 5 rings (SSSR count). The summed E-state index contributed by atoms with van der Waals surface area (Å²) >= 11 is 6.82. The second-order valence-electron chi connectivity index (χ2n) is 9.68. The van der Waals surface area contributed by atoms with Crippen molar-refractivity contribution >= 4 is 51.9 Å². The van der Waals surface area contributed by atoms with Gasteiger partial charge >= 0.3 is 0 Å². The first kappa shape index (κ1) is 27.9. The van der Waals surface area contributed by atoms with Crippen LogP contribution in [0, 0.1) is 0 Å². The van der Waals surface area contributed by atoms with Crippen LogP contribution >= 0.6 is 24.0 Å². The van der Waals surface area contributed by atoms with E-state index in [0.29, 0.717) is 32.9 Å². The van der Waals surface area contributed by atoms with E-state index < -0.39 is 5.91 Å². The fourth-order valence-electron chi connectivity index (χ4n) is 4.65. The van der Waals surface area contributed by atoms with Gasteiger partial charge in [-0.1, -0.05) is 42.5 Å². The van der Waals surface area contributed by atoms with E-state index in [-0.39, 0.29) is 5.91 Å². The minimum atomic E-state index is -0.485. The molecule has 2 heterocycles. The zero-order valence-corrected chi connectivity index (χ0v) is 23.7. The zero-order chi connectivity index (χ0) is 27.9. The maximum Gasteiger partial charge on any atom is 0.270 e. The van der Waals surface area contributed by atoms with Crippen molar-refractivity contribution in [2.24, 2.45) is 5.73 Å². The van der Waals surface area contributed by atoms with Crippen LogP contribution in [0.2, 0.25) is 0 Å². The van der Waals surface area contributed by atoms with Crippen LogP contribution in [0.1, 0.15) is 41.6 Å². The number of rotatable bonds is 10. The van der Waals surface area contributed by atoms with Crippen LogP contribution in [0.3, 0.4) is 0 Å². The number of anilines is 1. The fourth-order valence-corrected chi connectivity index (χ4v) is 5.95. The molecule has 0 radical (unpaired) electrons. The van der Waals surface area contributed by atoms with Gasteiger partial charge in [0.1, 0.15) is 17.2 Å². The van der Waals surface area contributed by atoms with Gasteiger partial charge in [0.25, 0.3) is 5.91 Å². The summed E-state index contributed by atoms with van der Waals surface area (Å²) in [6.07, 6.45) is 6.77. The summed E-state index contributed by atoms with van der Waals surface area (Å²) < 4.78 is 12.2. The lowest BCUT2D eigenvalue weighted by molar-refractivity contribution is -0.113. The third-order valence-corrected chi connectivity index (χ3v) is 8.08. The van der Waals surface area contributed by atoms with Crippen molar-refractivity contribution in [3.05, 3.63) is 88.8 Å². The fraction of sp³-hybridized carbons (Fsp3) is 0.258. The number of carbonyl (C=O) groups excluding carboxylic acids is 2. The molecular weight excluding hydrogens is 542 g/mol. The molecule has 0 unspecified atom stereocenters. The van der Waals surface area contributed by atoms with Gasteiger partial charge in [0.05, 0.1) is 17.2 Å². The van der Waals surface area contributed by atoms with Crippen LogP contribution in [0.15, 0.2) is 77.7 Å². The van der Waals surface area contributed by atoms with Crippen molar-refractivity contribution in [1.82, 2.24) is 4.90 Å². The average Bonchev–Trinajstić information content (AvgIpc) is 3.25. The summed E-state index contributed by atoms with van der Waals surface area (Å²) in [4.78, 5) is 29.1. The topological polar surface area (TPSA) is 85.1 Å². The molecule has 3 aromatic carbocycles. The van der Waals surface area contributed by atoms with E-state index in [4.69, 9.17) is 27.4 Å². The number of primary amides is 1. The molecule has 0 saturated carbocycles. The first-order valence-electron chi connectivity index (χ1n) is 13.4. The lowest BCUT2D eigenvalue weighted by Crippen LogP contribution is -2.31. The molecular formula is C31H31N3O4S2. The van der Waals surface area contributed by atoms with Crippen LogP contribution in [0.5, 0.6) is 17.2 Å². The van der Waals surface area contributed by atoms with Gasteiger partial charge in [-0.05, 0) is 105 Å². The van der Waals surface area contributed by atoms with E-state index in [1.54, 1.807) is 29.2 Å². The molecule has 2 aliphatic rings. The van der Waals surface area contributed by atoms with E-state index in [0.717, 1.165) is 30.0 Å². The number of ether oxygens (including phenoxy) is 2. The Kier molecular flexibility index (Phi) is 9.15. The highest BCUT2D eigenvalue weighted by Gasteiger charge is 2.33. The number of hydrogen-bond donors (Lipinski definition) is 1. The van der Waals surface area contributed by atoms with Gasteiger partial charge < -0.3 is 20.1 Å². The third kappa shape index (κ3) is 7.10. The number of thioether (sulfide) groups is 1. The predicted octanol–water partition coefficient (Wildman–Crippen LogP) is 6.24. The van der Waals surface area contributed by atoms with Gasteiger partial charge in [0, 0.05) is 12.1 Å². The van der Waals surface area contributed by atoms with Crippen LogP contribution in [-0.4, -0.2) is 47.3 Å². The Bertz CT molecular complexity index is 1380. The first-order valence-corrected chi connectivity index (χ1v) is 14.6. The van der Waals surface area contributed by atoms with E-state index in [1.807, 2.05) is 54.6 Å². The minimum absolute atomic E-state index is 0.153. The Labute approximate surface area is 243 Å². The maximum atomic E-state index is 13.2. The molecule has 2 N–H and O–H groups in total. The van der Waals surface area contributed by atoms with Crippen molar-refractivity contribution in [3.63, 3.8) is 0 Å². The molecule has 206 valence electrons. The molecule has 0 atom stereocenters. The number of nitrogens with two attached hydrogens (primary N) is 1. The number of hydrogen-bond acceptors (Lipinski definition) is 7. The second kappa shape index (κ2) is 13.1. The summed E-state index contributed by atoms with van der Waals surface area (Å²) in [5.74, 6) is 1.37. The van der Waals surface area contributed by atoms with E-state index in [9.17, 15) is 9.59 Å². The monoisotopic (exact) mass is 573 g/mol. The van der Waals surface area contributed by atoms with Crippen LogP contribution in [0.4, 0.5) is 5.69 Å². The van der Waals surface area contributed by atoms with Crippen molar-refractivity contribution in [3.8, 4) is 17.2 Å². The highest BCUT2D eigenvalue weighted by molar-refractivity contribution is 8.27. The number of carbonyl (C=O) groups is 2. The van der Waals surface area contributed by atoms with E-state index in [1.165, 1.54) is 44.1 Å². The molecule has 2 saturated heterocycles. The lowest BCUT2D eigenvalue weighted by Gasteiger charge is -2.26. The summed E-state index contributed by atoms with van der Waals surface area (Å²) in [7, 11) is 0. The zero-order valence-electron chi connectivity index (χ0n) is 22.1. The molecule has 2 aliphatic heterocycles. The Morgan fingerprint density at radius 3 is 2.17 bits per heavy atom. The Balaban J connectivity index is 1.15. The van der Waals surface area contributed by atoms with Crippen molar-refractivity contribution in [2.75, 3.05) is 31.1 Å². The number of likely N-dealkylation sites (tertiary alicyclic amines) is 1. The standard InChI is InChI=1S/C31H31N3O4S2/c32-29(35)23-7-13-27(14-8-23)38-26-11-5-22(6-12-26)21-28-30(36)34(31(39)40-28)24-9-15-25(16-10-24)37-20-4-19-33-17-2-1-3-18-33/h5-16,21H,1-4,17-20H2,(H2,32,35)/b28-21-. The van der Waals surface area contributed by atoms with Gasteiger partial charge in [-0.15, -0.1) is 0 Å². The number of piperidine rings is 1. The van der Waals surface area contributed by atoms with E-state index in [2.05, 4.69) is 4.90 Å². The normalized spacial score (nSPS) is 16.9. The average molecular weight is 574 g/mol. The van der Waals surface area contributed by atoms with Gasteiger partial charge in [0.15, 0.2) is 4.32 Å². The van der Waals surface area contributed by atoms with Gasteiger partial charge in [0.2, 0.25) is 5.91 Å². The summed E-state index contributed by atoms with van der Waals surface area (Å²) in [6.45, 7) is 4.14. The van der Waals surface area contributed by atoms with Crippen molar-refractivity contribution < 1.29 is 19.1 Å². The SMILES string of the molecule is NC(=O)c1ccc(Oc2ccc(/C=C3\SC(=S)N(c4ccc(OCCCN5CCCCC5)cc4)C3=O)cc2)cc1. The number of thiocarbonyl (C=S) groups is 1. The second-order valence-corrected chi connectivity index (χ2v) is 11.4. The summed E-state index contributed by atoms with van der Waals surface area (Å²) in [5, 5.41) is 0. The predicted molar refractivity (Wildman–Crippen MR) is 164 cm³/mol. The molecule has 0 spiro atoms. The third-order valence-electron chi connectivity index (χ3n) is 6.78. The molecule has 40 heavy (non-hydrogen) atoms. The quantitative estimate of drug-likeness (QED) is 0.175. The maximum absolute atomic E-state index is 13.2. The Morgan fingerprint density at radius 2 is 1.52 bits per heavy atom. The Morgan fingerprint density at radius 1 is 0.900 bits per heavy atom. The van der Waals surface area contributed by atoms with Gasteiger partial charge in [-0.3, -0.25) is 14.5 Å². The molecule has 0 bridgehead atoms. The summed E-state index contributed by atoms with van der Waals surface area (Å²) in [6, 6.07) is 21.5. The molecule has 3 aromatic rings. The molecule has 2 fully saturated rings. The van der Waals surface area contributed by atoms with Crippen molar-refractivity contribution in [1.29, 1.82) is 0 Å². The minimum Gasteiger partial charge on any atom is -0.494 e. The van der Waals surface area contributed by atoms with Crippen LogP contribution in [-0.2, 0) is 4.79 Å². The molecule has 0 aromatic heterocycles. The molecule has 0 aliphatic carbocycles. The largest absolute Gasteiger partial charge is 0.494 e. The van der Waals surface area contributed by atoms with E-state index >= 15 is 0 Å². The molecule has 7 nitrogen and oxygen atoms in total. The Hall–Kier alpha value is -3.66. The highest BCUT2D eigenvalue weighted by atomic mass is 32.2. The van der Waals surface area contributed by atoms with Gasteiger partial charge in [-0.2, -0.15) is 0 Å². The number of benzene rings is 3. The van der Waals surface area contributed by atoms with Crippen LogP contribution < -0.4 is 20.1 Å². The van der Waals surface area contributed by atoms with Gasteiger partial charge in [-0.25, -0.2) is 0 Å². The first-order chi connectivity index (χ1) is 19.5. The van der Waals surface area contributed by atoms with Crippen LogP contribution in [0.25, 0.3) is 6.08 Å².